The summed E-state index contributed by atoms with van der Waals surface area (Å²) in [4.78, 5) is 17.2. The van der Waals surface area contributed by atoms with Crippen LogP contribution >= 0.6 is 0 Å². The molecule has 0 fully saturated rings. The van der Waals surface area contributed by atoms with Gasteiger partial charge >= 0.3 is 0 Å². The first kappa shape index (κ1) is 16.3. The highest BCUT2D eigenvalue weighted by atomic mass is 32.2. The van der Waals surface area contributed by atoms with E-state index >= 15 is 0 Å². The predicted octanol–water partition coefficient (Wildman–Crippen LogP) is 1.36. The normalized spacial score (nSPS) is 14.1. The van der Waals surface area contributed by atoms with Crippen LogP contribution in [-0.2, 0) is 16.4 Å². The molecule has 0 spiro atoms. The molecule has 8 heteroatoms. The fourth-order valence-corrected chi connectivity index (χ4v) is 3.82. The van der Waals surface area contributed by atoms with Gasteiger partial charge in [0.2, 0.25) is 0 Å². The first-order valence-electron chi connectivity index (χ1n) is 7.49. The standard InChI is InChI=1S/C16H18N4O3S/c1-20-8-2-3-11-4-5-13(10-15(11)20)24(22,23)19-12-6-7-18-14(9-12)16(17)21/h4-7,9-10H,2-3,8H2,1H3,(H2,17,21)(H,18,19). The lowest BCUT2D eigenvalue weighted by Crippen LogP contribution is -2.25. The Morgan fingerprint density at radius 2 is 2.08 bits per heavy atom. The summed E-state index contributed by atoms with van der Waals surface area (Å²) in [6.45, 7) is 0.899. The van der Waals surface area contributed by atoms with Crippen LogP contribution in [0.4, 0.5) is 11.4 Å². The Bertz CT molecular complexity index is 896. The lowest BCUT2D eigenvalue weighted by Gasteiger charge is -2.27. The average molecular weight is 346 g/mol. The van der Waals surface area contributed by atoms with Gasteiger partial charge in [0.15, 0.2) is 0 Å². The van der Waals surface area contributed by atoms with Crippen molar-refractivity contribution < 1.29 is 13.2 Å². The second-order valence-electron chi connectivity index (χ2n) is 5.72. The Hall–Kier alpha value is -2.61. The van der Waals surface area contributed by atoms with Crippen LogP contribution < -0.4 is 15.4 Å². The first-order valence-corrected chi connectivity index (χ1v) is 8.98. The predicted molar refractivity (Wildman–Crippen MR) is 91.6 cm³/mol. The third-order valence-electron chi connectivity index (χ3n) is 3.98. The van der Waals surface area contributed by atoms with Crippen LogP contribution in [0.1, 0.15) is 22.5 Å². The maximum absolute atomic E-state index is 12.6. The summed E-state index contributed by atoms with van der Waals surface area (Å²) in [6, 6.07) is 7.89. The molecule has 3 rings (SSSR count). The van der Waals surface area contributed by atoms with E-state index in [1.807, 2.05) is 13.1 Å². The van der Waals surface area contributed by atoms with Gasteiger partial charge in [0.05, 0.1) is 10.6 Å². The largest absolute Gasteiger partial charge is 0.374 e. The van der Waals surface area contributed by atoms with Crippen molar-refractivity contribution in [2.24, 2.45) is 5.73 Å². The van der Waals surface area contributed by atoms with Gasteiger partial charge in [0.1, 0.15) is 5.69 Å². The number of benzene rings is 1. The number of fused-ring (bicyclic) bond motifs is 1. The molecule has 1 aromatic heterocycles. The molecule has 3 N–H and O–H groups in total. The van der Waals surface area contributed by atoms with E-state index in [2.05, 4.69) is 14.6 Å². The number of pyridine rings is 1. The lowest BCUT2D eigenvalue weighted by atomic mass is 10.0. The maximum atomic E-state index is 12.6. The van der Waals surface area contributed by atoms with E-state index < -0.39 is 15.9 Å². The molecule has 0 atom stereocenters. The molecule has 0 radical (unpaired) electrons. The number of nitrogens with two attached hydrogens (primary N) is 1. The van der Waals surface area contributed by atoms with Crippen LogP contribution in [0.2, 0.25) is 0 Å². The van der Waals surface area contributed by atoms with Crippen molar-refractivity contribution in [1.29, 1.82) is 0 Å². The fraction of sp³-hybridized carbons (Fsp3) is 0.250. The number of amides is 1. The zero-order chi connectivity index (χ0) is 17.3. The van der Waals surface area contributed by atoms with Crippen molar-refractivity contribution in [2.45, 2.75) is 17.7 Å². The number of hydrogen-bond acceptors (Lipinski definition) is 5. The summed E-state index contributed by atoms with van der Waals surface area (Å²) >= 11 is 0. The molecule has 24 heavy (non-hydrogen) atoms. The van der Waals surface area contributed by atoms with Gasteiger partial charge in [-0.1, -0.05) is 6.07 Å². The van der Waals surface area contributed by atoms with Gasteiger partial charge < -0.3 is 10.6 Å². The van der Waals surface area contributed by atoms with Crippen LogP contribution in [0.5, 0.6) is 0 Å². The molecule has 0 unspecified atom stereocenters. The molecule has 126 valence electrons. The Morgan fingerprint density at radius 1 is 1.29 bits per heavy atom. The van der Waals surface area contributed by atoms with E-state index in [4.69, 9.17) is 5.73 Å². The third kappa shape index (κ3) is 3.18. The molecule has 1 aliphatic heterocycles. The minimum Gasteiger partial charge on any atom is -0.374 e. The van der Waals surface area contributed by atoms with Crippen molar-refractivity contribution in [3.8, 4) is 0 Å². The summed E-state index contributed by atoms with van der Waals surface area (Å²) in [6.07, 6.45) is 3.33. The van der Waals surface area contributed by atoms with E-state index in [9.17, 15) is 13.2 Å². The molecule has 0 saturated heterocycles. The van der Waals surface area contributed by atoms with Crippen molar-refractivity contribution in [3.63, 3.8) is 0 Å². The number of hydrogen-bond donors (Lipinski definition) is 2. The van der Waals surface area contributed by atoms with Crippen molar-refractivity contribution >= 4 is 27.3 Å². The summed E-state index contributed by atoms with van der Waals surface area (Å²) in [5.41, 5.74) is 7.47. The molecule has 0 saturated carbocycles. The number of rotatable bonds is 4. The molecule has 7 nitrogen and oxygen atoms in total. The summed E-state index contributed by atoms with van der Waals surface area (Å²) in [5.74, 6) is -0.716. The Kier molecular flexibility index (Phi) is 4.15. The number of primary amides is 1. The smallest absolute Gasteiger partial charge is 0.267 e. The highest BCUT2D eigenvalue weighted by molar-refractivity contribution is 7.92. The molecule has 1 aliphatic rings. The van der Waals surface area contributed by atoms with Gasteiger partial charge in [-0.25, -0.2) is 8.42 Å². The number of nitrogens with zero attached hydrogens (tertiary/aromatic N) is 2. The van der Waals surface area contributed by atoms with Crippen LogP contribution in [0.15, 0.2) is 41.4 Å². The van der Waals surface area contributed by atoms with Gasteiger partial charge in [-0.3, -0.25) is 14.5 Å². The van der Waals surface area contributed by atoms with Crippen molar-refractivity contribution in [1.82, 2.24) is 4.98 Å². The minimum absolute atomic E-state index is 0.000347. The Labute approximate surface area is 140 Å². The van der Waals surface area contributed by atoms with Gasteiger partial charge in [0.25, 0.3) is 15.9 Å². The third-order valence-corrected chi connectivity index (χ3v) is 5.36. The zero-order valence-electron chi connectivity index (χ0n) is 13.2. The number of aryl methyl sites for hydroxylation is 1. The molecular weight excluding hydrogens is 328 g/mol. The highest BCUT2D eigenvalue weighted by Gasteiger charge is 2.20. The van der Waals surface area contributed by atoms with Gasteiger partial charge in [0, 0.05) is 25.5 Å². The Morgan fingerprint density at radius 3 is 2.83 bits per heavy atom. The Balaban J connectivity index is 1.92. The van der Waals surface area contributed by atoms with Crippen molar-refractivity contribution in [3.05, 3.63) is 47.8 Å². The van der Waals surface area contributed by atoms with Gasteiger partial charge in [-0.15, -0.1) is 0 Å². The lowest BCUT2D eigenvalue weighted by molar-refractivity contribution is 0.0995. The minimum atomic E-state index is -3.77. The van der Waals surface area contributed by atoms with Crippen LogP contribution in [-0.4, -0.2) is 32.9 Å². The van der Waals surface area contributed by atoms with Crippen LogP contribution in [0, 0.1) is 0 Å². The molecule has 0 bridgehead atoms. The topological polar surface area (TPSA) is 105 Å². The van der Waals surface area contributed by atoms with Gasteiger partial charge in [-0.2, -0.15) is 0 Å². The second-order valence-corrected chi connectivity index (χ2v) is 7.40. The van der Waals surface area contributed by atoms with Crippen molar-refractivity contribution in [2.75, 3.05) is 23.2 Å². The van der Waals surface area contributed by atoms with Crippen LogP contribution in [0.25, 0.3) is 0 Å². The highest BCUT2D eigenvalue weighted by Crippen LogP contribution is 2.29. The summed E-state index contributed by atoms with van der Waals surface area (Å²) in [5, 5.41) is 0. The number of aromatic nitrogens is 1. The molecule has 2 aromatic rings. The second kappa shape index (κ2) is 6.12. The molecular formula is C16H18N4O3S. The van der Waals surface area contributed by atoms with Gasteiger partial charge in [-0.05, 0) is 42.7 Å². The quantitative estimate of drug-likeness (QED) is 0.870. The number of sulfonamides is 1. The molecule has 1 aromatic carbocycles. The number of carbonyl (C=O) groups is 1. The summed E-state index contributed by atoms with van der Waals surface area (Å²) < 4.78 is 27.7. The maximum Gasteiger partial charge on any atom is 0.267 e. The number of carbonyl (C=O) groups excluding carboxylic acids is 1. The number of nitrogens with one attached hydrogen (secondary N) is 1. The molecule has 1 amide bonds. The van der Waals surface area contributed by atoms with E-state index in [1.54, 1.807) is 12.1 Å². The fourth-order valence-electron chi connectivity index (χ4n) is 2.75. The van der Waals surface area contributed by atoms with E-state index in [0.29, 0.717) is 0 Å². The molecule has 2 heterocycles. The van der Waals surface area contributed by atoms with Crippen LogP contribution in [0.3, 0.4) is 0 Å². The summed E-state index contributed by atoms with van der Waals surface area (Å²) in [7, 11) is -1.82. The number of anilines is 2. The van der Waals surface area contributed by atoms with E-state index in [0.717, 1.165) is 30.6 Å². The van der Waals surface area contributed by atoms with E-state index in [-0.39, 0.29) is 16.3 Å². The zero-order valence-corrected chi connectivity index (χ0v) is 14.0. The average Bonchev–Trinajstić information content (AvgIpc) is 2.54. The molecule has 0 aliphatic carbocycles. The monoisotopic (exact) mass is 346 g/mol. The SMILES string of the molecule is CN1CCCc2ccc(S(=O)(=O)Nc3ccnc(C(N)=O)c3)cc21. The van der Waals surface area contributed by atoms with E-state index in [1.165, 1.54) is 18.3 Å². The first-order chi connectivity index (χ1) is 11.4.